The Balaban J connectivity index is 1.61. The summed E-state index contributed by atoms with van der Waals surface area (Å²) in [5, 5.41) is 5.34. The van der Waals surface area contributed by atoms with E-state index in [0.29, 0.717) is 11.3 Å². The molecule has 0 aliphatic carbocycles. The molecule has 0 heterocycles. The van der Waals surface area contributed by atoms with Gasteiger partial charge >= 0.3 is 0 Å². The van der Waals surface area contributed by atoms with E-state index < -0.39 is 0 Å². The molecule has 5 nitrogen and oxygen atoms in total. The Kier molecular flexibility index (Phi) is 6.41. The highest BCUT2D eigenvalue weighted by Crippen LogP contribution is 2.29. The van der Waals surface area contributed by atoms with Gasteiger partial charge in [0.25, 0.3) is 5.91 Å². The van der Waals surface area contributed by atoms with Gasteiger partial charge in [0.1, 0.15) is 5.75 Å². The molecule has 0 radical (unpaired) electrons. The van der Waals surface area contributed by atoms with Gasteiger partial charge in [-0.3, -0.25) is 9.59 Å². The van der Waals surface area contributed by atoms with Gasteiger partial charge in [-0.05, 0) is 23.8 Å². The maximum absolute atomic E-state index is 12.3. The highest BCUT2D eigenvalue weighted by molar-refractivity contribution is 6.03. The molecule has 0 atom stereocenters. The summed E-state index contributed by atoms with van der Waals surface area (Å²) in [5.74, 6) is 0.268. The second kappa shape index (κ2) is 9.37. The molecular weight excluding hydrogens is 352 g/mol. The third-order valence-electron chi connectivity index (χ3n) is 4.23. The molecule has 28 heavy (non-hydrogen) atoms. The number of hydrogen-bond acceptors (Lipinski definition) is 3. The number of para-hydroxylation sites is 2. The van der Waals surface area contributed by atoms with Crippen LogP contribution in [0.15, 0.2) is 78.9 Å². The quantitative estimate of drug-likeness (QED) is 0.654. The zero-order valence-electron chi connectivity index (χ0n) is 15.6. The number of carbonyl (C=O) groups is 2. The van der Waals surface area contributed by atoms with Gasteiger partial charge in [-0.1, -0.05) is 60.7 Å². The van der Waals surface area contributed by atoms with E-state index >= 15 is 0 Å². The lowest BCUT2D eigenvalue weighted by molar-refractivity contribution is -0.116. The minimum atomic E-state index is -0.246. The van der Waals surface area contributed by atoms with Crippen LogP contribution in [-0.2, 0) is 4.79 Å². The largest absolute Gasteiger partial charge is 0.492 e. The fourth-order valence-electron chi connectivity index (χ4n) is 2.84. The van der Waals surface area contributed by atoms with E-state index in [1.54, 1.807) is 31.3 Å². The molecule has 2 amide bonds. The number of carbonyl (C=O) groups excluding carboxylic acids is 2. The highest BCUT2D eigenvalue weighted by atomic mass is 16.5. The third kappa shape index (κ3) is 4.76. The fourth-order valence-corrected chi connectivity index (χ4v) is 2.84. The summed E-state index contributed by atoms with van der Waals surface area (Å²) in [7, 11) is 1.55. The molecule has 0 saturated carbocycles. The lowest BCUT2D eigenvalue weighted by Gasteiger charge is -2.13. The Morgan fingerprint density at radius 3 is 2.32 bits per heavy atom. The van der Waals surface area contributed by atoms with Gasteiger partial charge in [-0.2, -0.15) is 0 Å². The van der Waals surface area contributed by atoms with E-state index in [-0.39, 0.29) is 24.8 Å². The van der Waals surface area contributed by atoms with Crippen molar-refractivity contribution in [2.24, 2.45) is 0 Å². The number of amides is 2. The predicted molar refractivity (Wildman–Crippen MR) is 110 cm³/mol. The second-order valence-electron chi connectivity index (χ2n) is 6.13. The van der Waals surface area contributed by atoms with Gasteiger partial charge in [0, 0.05) is 12.6 Å². The Labute approximate surface area is 164 Å². The van der Waals surface area contributed by atoms with Crippen LogP contribution in [0.4, 0.5) is 5.69 Å². The monoisotopic (exact) mass is 374 g/mol. The van der Waals surface area contributed by atoms with Crippen LogP contribution in [-0.4, -0.2) is 25.5 Å². The van der Waals surface area contributed by atoms with E-state index in [4.69, 9.17) is 4.74 Å². The van der Waals surface area contributed by atoms with Crippen LogP contribution in [0.2, 0.25) is 0 Å². The summed E-state index contributed by atoms with van der Waals surface area (Å²) in [6.07, 6.45) is 0.172. The summed E-state index contributed by atoms with van der Waals surface area (Å²) in [5.41, 5.74) is 2.95. The van der Waals surface area contributed by atoms with E-state index in [0.717, 1.165) is 16.9 Å². The van der Waals surface area contributed by atoms with E-state index in [1.165, 1.54) is 0 Å². The van der Waals surface area contributed by atoms with Crippen LogP contribution < -0.4 is 15.4 Å². The SMILES string of the molecule is CNC(=O)c1ccccc1NC(=O)CCOc1ccccc1-c1ccccc1. The van der Waals surface area contributed by atoms with Crippen LogP contribution in [0.5, 0.6) is 5.75 Å². The fraction of sp³-hybridized carbons (Fsp3) is 0.130. The zero-order valence-corrected chi connectivity index (χ0v) is 15.6. The second-order valence-corrected chi connectivity index (χ2v) is 6.13. The molecule has 0 aromatic heterocycles. The van der Waals surface area contributed by atoms with Crippen molar-refractivity contribution in [3.63, 3.8) is 0 Å². The number of nitrogens with one attached hydrogen (secondary N) is 2. The molecule has 0 fully saturated rings. The van der Waals surface area contributed by atoms with Crippen molar-refractivity contribution in [1.29, 1.82) is 0 Å². The molecule has 0 unspecified atom stereocenters. The highest BCUT2D eigenvalue weighted by Gasteiger charge is 2.12. The van der Waals surface area contributed by atoms with Gasteiger partial charge in [-0.25, -0.2) is 0 Å². The first kappa shape index (κ1) is 19.2. The zero-order chi connectivity index (χ0) is 19.8. The Bertz CT molecular complexity index is 955. The summed E-state index contributed by atoms with van der Waals surface area (Å²) in [4.78, 5) is 24.2. The van der Waals surface area contributed by atoms with Crippen LogP contribution in [0.25, 0.3) is 11.1 Å². The molecule has 0 bridgehead atoms. The summed E-state index contributed by atoms with van der Waals surface area (Å²) in [6.45, 7) is 0.234. The van der Waals surface area contributed by atoms with Crippen molar-refractivity contribution in [2.75, 3.05) is 19.0 Å². The first-order valence-corrected chi connectivity index (χ1v) is 9.07. The topological polar surface area (TPSA) is 67.4 Å². The Hall–Kier alpha value is -3.60. The van der Waals surface area contributed by atoms with Gasteiger partial charge in [0.05, 0.1) is 24.3 Å². The Morgan fingerprint density at radius 2 is 1.54 bits per heavy atom. The minimum Gasteiger partial charge on any atom is -0.492 e. The molecule has 2 N–H and O–H groups in total. The third-order valence-corrected chi connectivity index (χ3v) is 4.23. The summed E-state index contributed by atoms with van der Waals surface area (Å²) < 4.78 is 5.86. The first-order valence-electron chi connectivity index (χ1n) is 9.07. The van der Waals surface area contributed by atoms with Crippen molar-refractivity contribution in [1.82, 2.24) is 5.32 Å². The van der Waals surface area contributed by atoms with Crippen molar-refractivity contribution >= 4 is 17.5 Å². The Morgan fingerprint density at radius 1 is 0.857 bits per heavy atom. The van der Waals surface area contributed by atoms with E-state index in [9.17, 15) is 9.59 Å². The average molecular weight is 374 g/mol. The van der Waals surface area contributed by atoms with Crippen molar-refractivity contribution in [3.8, 4) is 16.9 Å². The maximum Gasteiger partial charge on any atom is 0.253 e. The summed E-state index contributed by atoms with van der Waals surface area (Å²) in [6, 6.07) is 24.6. The lowest BCUT2D eigenvalue weighted by atomic mass is 10.1. The number of benzene rings is 3. The standard InChI is InChI=1S/C23H22N2O3/c1-24-23(27)19-12-5-7-13-20(19)25-22(26)15-16-28-21-14-8-6-11-18(21)17-9-3-2-4-10-17/h2-14H,15-16H2,1H3,(H,24,27)(H,25,26). The molecule has 142 valence electrons. The van der Waals surface area contributed by atoms with Gasteiger partial charge in [0.15, 0.2) is 0 Å². The molecule has 0 spiro atoms. The number of hydrogen-bond donors (Lipinski definition) is 2. The number of rotatable bonds is 7. The van der Waals surface area contributed by atoms with Gasteiger partial charge in [0.2, 0.25) is 5.91 Å². The molecule has 3 aromatic carbocycles. The predicted octanol–water partition coefficient (Wildman–Crippen LogP) is 4.12. The normalized spacial score (nSPS) is 10.2. The molecule has 0 aliphatic heterocycles. The maximum atomic E-state index is 12.3. The minimum absolute atomic E-state index is 0.172. The van der Waals surface area contributed by atoms with Crippen molar-refractivity contribution in [3.05, 3.63) is 84.4 Å². The van der Waals surface area contributed by atoms with Gasteiger partial charge < -0.3 is 15.4 Å². The molecule has 0 saturated heterocycles. The molecule has 0 aliphatic rings. The van der Waals surface area contributed by atoms with E-state index in [1.807, 2.05) is 54.6 Å². The van der Waals surface area contributed by atoms with Crippen LogP contribution in [0.1, 0.15) is 16.8 Å². The molecule has 3 rings (SSSR count). The molecular formula is C23H22N2O3. The first-order chi connectivity index (χ1) is 13.7. The molecule has 5 heteroatoms. The number of anilines is 1. The van der Waals surface area contributed by atoms with E-state index in [2.05, 4.69) is 10.6 Å². The van der Waals surface area contributed by atoms with Crippen LogP contribution in [0.3, 0.4) is 0 Å². The van der Waals surface area contributed by atoms with Crippen molar-refractivity contribution in [2.45, 2.75) is 6.42 Å². The van der Waals surface area contributed by atoms with Crippen molar-refractivity contribution < 1.29 is 14.3 Å². The van der Waals surface area contributed by atoms with Gasteiger partial charge in [-0.15, -0.1) is 0 Å². The van der Waals surface area contributed by atoms with Crippen LogP contribution >= 0.6 is 0 Å². The summed E-state index contributed by atoms with van der Waals surface area (Å²) >= 11 is 0. The lowest BCUT2D eigenvalue weighted by Crippen LogP contribution is -2.22. The smallest absolute Gasteiger partial charge is 0.253 e. The number of ether oxygens (including phenoxy) is 1. The molecule has 3 aromatic rings. The average Bonchev–Trinajstić information content (AvgIpc) is 2.74. The van der Waals surface area contributed by atoms with Crippen LogP contribution in [0, 0.1) is 0 Å².